The lowest BCUT2D eigenvalue weighted by Crippen LogP contribution is -2.30. The number of alkyl halides is 1. The smallest absolute Gasteiger partial charge is 0.210 e. The van der Waals surface area contributed by atoms with Crippen LogP contribution in [-0.2, 0) is 10.0 Å². The minimum Gasteiger partial charge on any atom is -0.210 e. The minimum atomic E-state index is -3.33. The first-order valence-corrected chi connectivity index (χ1v) is 9.00. The molecule has 1 aliphatic rings. The molecule has 0 spiro atoms. The predicted molar refractivity (Wildman–Crippen MR) is 72.7 cm³/mol. The van der Waals surface area contributed by atoms with Crippen molar-refractivity contribution in [3.63, 3.8) is 0 Å². The molecule has 1 saturated carbocycles. The van der Waals surface area contributed by atoms with Gasteiger partial charge in [-0.3, -0.25) is 0 Å². The second kappa shape index (κ2) is 4.68. The third-order valence-electron chi connectivity index (χ3n) is 2.69. The molecule has 0 bridgehead atoms. The summed E-state index contributed by atoms with van der Waals surface area (Å²) in [5.41, 5.74) is 0.154. The van der Waals surface area contributed by atoms with Crippen LogP contribution in [0.25, 0.3) is 0 Å². The van der Waals surface area contributed by atoms with Crippen molar-refractivity contribution in [3.05, 3.63) is 15.9 Å². The third kappa shape index (κ3) is 2.87. The monoisotopic (exact) mass is 387 g/mol. The zero-order valence-corrected chi connectivity index (χ0v) is 13.2. The number of nitrogens with one attached hydrogen (secondary N) is 1. The maximum atomic E-state index is 11.9. The highest BCUT2D eigenvalue weighted by atomic mass is 79.9. The van der Waals surface area contributed by atoms with Gasteiger partial charge in [-0.1, -0.05) is 15.9 Å². The molecule has 0 atom stereocenters. The Morgan fingerprint density at radius 2 is 2.12 bits per heavy atom. The largest absolute Gasteiger partial charge is 0.250 e. The number of sulfonamides is 1. The van der Waals surface area contributed by atoms with E-state index in [-0.39, 0.29) is 5.41 Å². The summed E-state index contributed by atoms with van der Waals surface area (Å²) in [7, 11) is -3.33. The molecule has 1 N–H and O–H groups in total. The van der Waals surface area contributed by atoms with Crippen molar-refractivity contribution in [2.45, 2.75) is 17.1 Å². The van der Waals surface area contributed by atoms with Gasteiger partial charge >= 0.3 is 0 Å². The van der Waals surface area contributed by atoms with E-state index in [0.717, 1.165) is 22.0 Å². The summed E-state index contributed by atoms with van der Waals surface area (Å²) in [4.78, 5) is 0. The Morgan fingerprint density at radius 1 is 1.44 bits per heavy atom. The van der Waals surface area contributed by atoms with Crippen LogP contribution in [0, 0.1) is 5.41 Å². The molecule has 1 aromatic rings. The fourth-order valence-electron chi connectivity index (χ4n) is 1.30. The molecule has 3 nitrogen and oxygen atoms in total. The van der Waals surface area contributed by atoms with Crippen molar-refractivity contribution in [3.8, 4) is 0 Å². The molecule has 2 rings (SSSR count). The Labute approximate surface area is 116 Å². The molecule has 0 radical (unpaired) electrons. The first-order chi connectivity index (χ1) is 7.47. The molecule has 0 saturated heterocycles. The van der Waals surface area contributed by atoms with Gasteiger partial charge in [0.15, 0.2) is 0 Å². The van der Waals surface area contributed by atoms with E-state index in [0.29, 0.717) is 10.8 Å². The molecular weight excluding hydrogens is 378 g/mol. The maximum absolute atomic E-state index is 11.9. The first-order valence-electron chi connectivity index (χ1n) is 4.78. The van der Waals surface area contributed by atoms with Crippen LogP contribution in [0.4, 0.5) is 0 Å². The van der Waals surface area contributed by atoms with Gasteiger partial charge in [0.1, 0.15) is 4.21 Å². The average molecular weight is 389 g/mol. The Kier molecular flexibility index (Phi) is 3.81. The summed E-state index contributed by atoms with van der Waals surface area (Å²) in [5, 5.41) is 0.858. The van der Waals surface area contributed by atoms with Gasteiger partial charge in [-0.05, 0) is 46.3 Å². The Bertz CT molecular complexity index is 479. The van der Waals surface area contributed by atoms with Gasteiger partial charge in [0.2, 0.25) is 10.0 Å². The van der Waals surface area contributed by atoms with E-state index in [2.05, 4.69) is 36.6 Å². The fraction of sp³-hybridized carbons (Fsp3) is 0.556. The number of rotatable bonds is 5. The van der Waals surface area contributed by atoms with Crippen LogP contribution in [0.1, 0.15) is 12.8 Å². The topological polar surface area (TPSA) is 46.2 Å². The molecule has 0 aliphatic heterocycles. The van der Waals surface area contributed by atoms with Crippen molar-refractivity contribution in [1.29, 1.82) is 0 Å². The van der Waals surface area contributed by atoms with Crippen molar-refractivity contribution in [2.75, 3.05) is 11.9 Å². The van der Waals surface area contributed by atoms with E-state index in [4.69, 9.17) is 0 Å². The summed E-state index contributed by atoms with van der Waals surface area (Å²) in [6.07, 6.45) is 2.18. The number of hydrogen-bond acceptors (Lipinski definition) is 3. The van der Waals surface area contributed by atoms with Crippen molar-refractivity contribution in [1.82, 2.24) is 4.72 Å². The third-order valence-corrected chi connectivity index (χ3v) is 7.40. The van der Waals surface area contributed by atoms with E-state index in [1.165, 1.54) is 11.3 Å². The summed E-state index contributed by atoms with van der Waals surface area (Å²) in [6.45, 7) is 0.524. The van der Waals surface area contributed by atoms with E-state index < -0.39 is 10.0 Å². The van der Waals surface area contributed by atoms with Gasteiger partial charge in [0, 0.05) is 11.9 Å². The number of thiophene rings is 1. The van der Waals surface area contributed by atoms with Crippen LogP contribution in [0.5, 0.6) is 0 Å². The molecule has 1 fully saturated rings. The number of hydrogen-bond donors (Lipinski definition) is 1. The lowest BCUT2D eigenvalue weighted by Gasteiger charge is -2.11. The zero-order valence-electron chi connectivity index (χ0n) is 8.37. The van der Waals surface area contributed by atoms with Crippen LogP contribution >= 0.6 is 43.2 Å². The molecule has 1 aliphatic carbocycles. The first kappa shape index (κ1) is 13.0. The second-order valence-electron chi connectivity index (χ2n) is 4.02. The van der Waals surface area contributed by atoms with Crippen LogP contribution in [0.2, 0.25) is 0 Å². The highest BCUT2D eigenvalue weighted by molar-refractivity contribution is 9.11. The van der Waals surface area contributed by atoms with E-state index in [9.17, 15) is 8.42 Å². The summed E-state index contributed by atoms with van der Waals surface area (Å²) >= 11 is 7.91. The van der Waals surface area contributed by atoms with Gasteiger partial charge in [-0.2, -0.15) is 0 Å². The molecule has 0 amide bonds. The number of halogens is 2. The molecule has 0 aromatic carbocycles. The van der Waals surface area contributed by atoms with Gasteiger partial charge in [-0.15, -0.1) is 11.3 Å². The molecule has 1 aromatic heterocycles. The Hall–Kier alpha value is 0.570. The molecule has 1 heterocycles. The lowest BCUT2D eigenvalue weighted by molar-refractivity contribution is 0.539. The summed E-state index contributed by atoms with van der Waals surface area (Å²) < 4.78 is 27.7. The van der Waals surface area contributed by atoms with Gasteiger partial charge in [-0.25, -0.2) is 13.1 Å². The van der Waals surface area contributed by atoms with E-state index >= 15 is 0 Å². The van der Waals surface area contributed by atoms with E-state index in [1.807, 2.05) is 0 Å². The Balaban J connectivity index is 2.04. The predicted octanol–water partition coefficient (Wildman–Crippen LogP) is 2.96. The highest BCUT2D eigenvalue weighted by Gasteiger charge is 2.42. The van der Waals surface area contributed by atoms with Crippen molar-refractivity contribution < 1.29 is 8.42 Å². The highest BCUT2D eigenvalue weighted by Crippen LogP contribution is 2.46. The summed E-state index contributed by atoms with van der Waals surface area (Å²) in [6, 6.07) is 3.36. The van der Waals surface area contributed by atoms with Crippen LogP contribution < -0.4 is 4.72 Å². The molecule has 90 valence electrons. The van der Waals surface area contributed by atoms with Crippen molar-refractivity contribution >= 4 is 53.2 Å². The Morgan fingerprint density at radius 3 is 2.56 bits per heavy atom. The van der Waals surface area contributed by atoms with Gasteiger partial charge in [0.05, 0.1) is 3.79 Å². The van der Waals surface area contributed by atoms with Gasteiger partial charge < -0.3 is 0 Å². The lowest BCUT2D eigenvalue weighted by atomic mass is 10.1. The fourth-order valence-corrected chi connectivity index (χ4v) is 5.27. The van der Waals surface area contributed by atoms with E-state index in [1.54, 1.807) is 12.1 Å². The van der Waals surface area contributed by atoms with Crippen LogP contribution in [-0.4, -0.2) is 20.3 Å². The molecule has 0 unspecified atom stereocenters. The average Bonchev–Trinajstić information content (AvgIpc) is 2.91. The second-order valence-corrected chi connectivity index (χ2v) is 9.03. The van der Waals surface area contributed by atoms with Crippen molar-refractivity contribution in [2.24, 2.45) is 5.41 Å². The standard InChI is InChI=1S/C9H11Br2NO2S2/c10-5-9(3-4-9)6-12-16(13,14)8-2-1-7(11)15-8/h1-2,12H,3-6H2. The summed E-state index contributed by atoms with van der Waals surface area (Å²) in [5.74, 6) is 0. The molecular formula is C9H11Br2NO2S2. The normalized spacial score (nSPS) is 18.6. The maximum Gasteiger partial charge on any atom is 0.250 e. The molecule has 16 heavy (non-hydrogen) atoms. The SMILES string of the molecule is O=S(=O)(NCC1(CBr)CC1)c1ccc(Br)s1. The minimum absolute atomic E-state index is 0.154. The zero-order chi connectivity index (χ0) is 11.8. The van der Waals surface area contributed by atoms with Crippen LogP contribution in [0.3, 0.4) is 0 Å². The van der Waals surface area contributed by atoms with Gasteiger partial charge in [0.25, 0.3) is 0 Å². The van der Waals surface area contributed by atoms with Crippen LogP contribution in [0.15, 0.2) is 20.1 Å². The quantitative estimate of drug-likeness (QED) is 0.788. The molecule has 7 heteroatoms.